The quantitative estimate of drug-likeness (QED) is 0.759. The Morgan fingerprint density at radius 2 is 1.90 bits per heavy atom. The summed E-state index contributed by atoms with van der Waals surface area (Å²) in [7, 11) is 0. The van der Waals surface area contributed by atoms with Gasteiger partial charge >= 0.3 is 0 Å². The van der Waals surface area contributed by atoms with Gasteiger partial charge in [-0.15, -0.1) is 0 Å². The summed E-state index contributed by atoms with van der Waals surface area (Å²) < 4.78 is 13.6. The van der Waals surface area contributed by atoms with E-state index in [1.807, 2.05) is 24.3 Å². The van der Waals surface area contributed by atoms with Crippen molar-refractivity contribution in [2.24, 2.45) is 0 Å². The molecule has 2 nitrogen and oxygen atoms in total. The van der Waals surface area contributed by atoms with Crippen LogP contribution in [0, 0.1) is 5.82 Å². The molecule has 0 unspecified atom stereocenters. The van der Waals surface area contributed by atoms with E-state index >= 15 is 0 Å². The summed E-state index contributed by atoms with van der Waals surface area (Å²) in [6.07, 6.45) is 1.73. The molecule has 1 N–H and O–H groups in total. The summed E-state index contributed by atoms with van der Waals surface area (Å²) in [5, 5.41) is 4.66. The zero-order chi connectivity index (χ0) is 13.9. The van der Waals surface area contributed by atoms with Crippen LogP contribution in [0.1, 0.15) is 5.56 Å². The molecule has 20 heavy (non-hydrogen) atoms. The molecule has 1 heterocycles. The Balaban J connectivity index is 1.92. The lowest BCUT2D eigenvalue weighted by Crippen LogP contribution is -2.02. The van der Waals surface area contributed by atoms with Crippen molar-refractivity contribution >= 4 is 28.2 Å². The first-order valence-corrected chi connectivity index (χ1v) is 6.64. The summed E-state index contributed by atoms with van der Waals surface area (Å²) in [6.45, 7) is 0.492. The number of hydrogen-bond donors (Lipinski definition) is 1. The maximum atomic E-state index is 13.6. The Bertz CT molecular complexity index is 758. The van der Waals surface area contributed by atoms with Crippen molar-refractivity contribution in [3.63, 3.8) is 0 Å². The lowest BCUT2D eigenvalue weighted by Gasteiger charge is -2.10. The molecule has 0 radical (unpaired) electrons. The Labute approximate surface area is 121 Å². The van der Waals surface area contributed by atoms with E-state index in [0.717, 1.165) is 16.5 Å². The number of para-hydroxylation sites is 1. The van der Waals surface area contributed by atoms with E-state index in [2.05, 4.69) is 10.3 Å². The first-order chi connectivity index (χ1) is 9.75. The smallest absolute Gasteiger partial charge is 0.146 e. The summed E-state index contributed by atoms with van der Waals surface area (Å²) in [5.41, 5.74) is 2.30. The summed E-state index contributed by atoms with van der Waals surface area (Å²) in [6, 6.07) is 14.1. The molecular weight excluding hydrogens is 275 g/mol. The molecule has 0 amide bonds. The van der Waals surface area contributed by atoms with Crippen LogP contribution in [0.4, 0.5) is 10.1 Å². The van der Waals surface area contributed by atoms with Crippen molar-refractivity contribution in [2.45, 2.75) is 6.54 Å². The van der Waals surface area contributed by atoms with Crippen LogP contribution in [0.25, 0.3) is 10.9 Å². The second-order valence-electron chi connectivity index (χ2n) is 4.44. The molecule has 0 aliphatic carbocycles. The van der Waals surface area contributed by atoms with Crippen LogP contribution in [0.3, 0.4) is 0 Å². The van der Waals surface area contributed by atoms with Crippen LogP contribution in [0.5, 0.6) is 0 Å². The van der Waals surface area contributed by atoms with Crippen LogP contribution >= 0.6 is 11.6 Å². The van der Waals surface area contributed by atoms with Gasteiger partial charge in [0.1, 0.15) is 5.82 Å². The van der Waals surface area contributed by atoms with E-state index in [4.69, 9.17) is 11.6 Å². The average molecular weight is 287 g/mol. The van der Waals surface area contributed by atoms with Gasteiger partial charge in [0, 0.05) is 23.2 Å². The number of aromatic nitrogens is 1. The lowest BCUT2D eigenvalue weighted by molar-refractivity contribution is 0.630. The third-order valence-electron chi connectivity index (χ3n) is 3.14. The molecule has 0 aliphatic rings. The molecule has 3 rings (SSSR count). The Morgan fingerprint density at radius 3 is 2.75 bits per heavy atom. The van der Waals surface area contributed by atoms with E-state index in [9.17, 15) is 4.39 Å². The van der Waals surface area contributed by atoms with Crippen molar-refractivity contribution < 1.29 is 4.39 Å². The largest absolute Gasteiger partial charge is 0.379 e. The third kappa shape index (κ3) is 2.45. The third-order valence-corrected chi connectivity index (χ3v) is 3.47. The van der Waals surface area contributed by atoms with Crippen LogP contribution in [-0.4, -0.2) is 4.98 Å². The number of hydrogen-bond acceptors (Lipinski definition) is 2. The number of halogens is 2. The van der Waals surface area contributed by atoms with Gasteiger partial charge in [-0.3, -0.25) is 4.98 Å². The van der Waals surface area contributed by atoms with E-state index in [1.54, 1.807) is 24.4 Å². The summed E-state index contributed by atoms with van der Waals surface area (Å²) in [5.74, 6) is -0.265. The fourth-order valence-corrected chi connectivity index (χ4v) is 2.35. The molecule has 0 atom stereocenters. The molecule has 3 aromatic rings. The molecule has 1 aromatic heterocycles. The maximum Gasteiger partial charge on any atom is 0.146 e. The van der Waals surface area contributed by atoms with E-state index < -0.39 is 0 Å². The van der Waals surface area contributed by atoms with Crippen molar-refractivity contribution in [3.8, 4) is 0 Å². The van der Waals surface area contributed by atoms with Gasteiger partial charge in [0.25, 0.3) is 0 Å². The van der Waals surface area contributed by atoms with Crippen LogP contribution in [0.15, 0.2) is 54.7 Å². The molecule has 0 fully saturated rings. The van der Waals surface area contributed by atoms with Crippen LogP contribution in [0.2, 0.25) is 5.02 Å². The second kappa shape index (κ2) is 5.47. The number of benzene rings is 2. The maximum absolute atomic E-state index is 13.6. The lowest BCUT2D eigenvalue weighted by atomic mass is 10.1. The van der Waals surface area contributed by atoms with Crippen LogP contribution < -0.4 is 5.32 Å². The molecule has 0 spiro atoms. The van der Waals surface area contributed by atoms with E-state index in [0.29, 0.717) is 17.3 Å². The van der Waals surface area contributed by atoms with Gasteiger partial charge in [-0.05, 0) is 35.9 Å². The highest BCUT2D eigenvalue weighted by molar-refractivity contribution is 6.35. The first kappa shape index (κ1) is 12.9. The number of pyridine rings is 1. The molecule has 0 bridgehead atoms. The van der Waals surface area contributed by atoms with E-state index in [-0.39, 0.29) is 5.82 Å². The molecular formula is C16H12ClFN2. The first-order valence-electron chi connectivity index (χ1n) is 6.26. The number of fused-ring (bicyclic) bond motifs is 1. The fourth-order valence-electron chi connectivity index (χ4n) is 2.13. The Hall–Kier alpha value is -2.13. The number of rotatable bonds is 3. The van der Waals surface area contributed by atoms with Crippen molar-refractivity contribution in [3.05, 3.63) is 71.1 Å². The molecule has 100 valence electrons. The molecule has 0 aliphatic heterocycles. The van der Waals surface area contributed by atoms with Gasteiger partial charge in [-0.2, -0.15) is 0 Å². The predicted octanol–water partition coefficient (Wildman–Crippen LogP) is 4.64. The minimum absolute atomic E-state index is 0.265. The Kier molecular flexibility index (Phi) is 3.52. The monoisotopic (exact) mass is 286 g/mol. The normalized spacial score (nSPS) is 10.7. The molecule has 0 saturated heterocycles. The minimum Gasteiger partial charge on any atom is -0.379 e. The van der Waals surface area contributed by atoms with Gasteiger partial charge in [-0.25, -0.2) is 4.39 Å². The zero-order valence-electron chi connectivity index (χ0n) is 10.6. The highest BCUT2D eigenvalue weighted by Crippen LogP contribution is 2.25. The second-order valence-corrected chi connectivity index (χ2v) is 4.85. The number of anilines is 1. The highest BCUT2D eigenvalue weighted by Gasteiger charge is 2.06. The van der Waals surface area contributed by atoms with Gasteiger partial charge in [0.2, 0.25) is 0 Å². The molecule has 4 heteroatoms. The summed E-state index contributed by atoms with van der Waals surface area (Å²) in [4.78, 5) is 4.36. The zero-order valence-corrected chi connectivity index (χ0v) is 11.4. The Morgan fingerprint density at radius 1 is 1.05 bits per heavy atom. The SMILES string of the molecule is Fc1ccccc1NCc1ccc(Cl)c2cccnc12. The highest BCUT2D eigenvalue weighted by atomic mass is 35.5. The predicted molar refractivity (Wildman–Crippen MR) is 80.5 cm³/mol. The van der Waals surface area contributed by atoms with Gasteiger partial charge in [0.05, 0.1) is 11.2 Å². The van der Waals surface area contributed by atoms with E-state index in [1.165, 1.54) is 6.07 Å². The summed E-state index contributed by atoms with van der Waals surface area (Å²) >= 11 is 6.15. The minimum atomic E-state index is -0.265. The van der Waals surface area contributed by atoms with Gasteiger partial charge in [0.15, 0.2) is 0 Å². The number of nitrogens with one attached hydrogen (secondary N) is 1. The number of nitrogens with zero attached hydrogens (tertiary/aromatic N) is 1. The molecule has 0 saturated carbocycles. The van der Waals surface area contributed by atoms with Crippen molar-refractivity contribution in [1.82, 2.24) is 4.98 Å². The van der Waals surface area contributed by atoms with Crippen LogP contribution in [-0.2, 0) is 6.54 Å². The van der Waals surface area contributed by atoms with Crippen molar-refractivity contribution in [1.29, 1.82) is 0 Å². The fraction of sp³-hybridized carbons (Fsp3) is 0.0625. The van der Waals surface area contributed by atoms with Gasteiger partial charge in [-0.1, -0.05) is 29.8 Å². The average Bonchev–Trinajstić information content (AvgIpc) is 2.48. The molecule has 2 aromatic carbocycles. The van der Waals surface area contributed by atoms with Gasteiger partial charge < -0.3 is 5.32 Å². The van der Waals surface area contributed by atoms with Crippen molar-refractivity contribution in [2.75, 3.05) is 5.32 Å². The standard InChI is InChI=1S/C16H12ClFN2/c17-13-8-7-11(16-12(13)4-3-9-19-16)10-20-15-6-2-1-5-14(15)18/h1-9,20H,10H2. The topological polar surface area (TPSA) is 24.9 Å².